The average Bonchev–Trinajstić information content (AvgIpc) is 2.98. The molecule has 0 spiro atoms. The number of benzene rings is 2. The van der Waals surface area contributed by atoms with E-state index in [4.69, 9.17) is 9.47 Å². The van der Waals surface area contributed by atoms with Crippen LogP contribution in [0, 0.1) is 102 Å². The minimum atomic E-state index is -2.40. The molecule has 0 bridgehead atoms. The molecule has 2 aromatic carbocycles. The summed E-state index contributed by atoms with van der Waals surface area (Å²) in [4.78, 5) is 0. The Balaban J connectivity index is 3.06. The van der Waals surface area contributed by atoms with Gasteiger partial charge >= 0.3 is 0 Å². The number of nitrogens with zero attached hydrogens (tertiary/aromatic N) is 8. The van der Waals surface area contributed by atoms with Gasteiger partial charge in [0.05, 0.1) is 73.4 Å². The molecule has 0 aromatic heterocycles. The number of rotatable bonds is 8. The lowest BCUT2D eigenvalue weighted by atomic mass is 9.73. The topological polar surface area (TPSA) is 249 Å². The second-order valence-electron chi connectivity index (χ2n) is 8.03. The monoisotopic (exact) mass is 548 g/mol. The van der Waals surface area contributed by atoms with E-state index >= 15 is 0 Å². The fraction of sp³-hybridized carbons (Fsp3) is 0.259. The van der Waals surface area contributed by atoms with Crippen molar-refractivity contribution in [3.8, 4) is 71.6 Å². The average molecular weight is 548 g/mol. The molecule has 2 N–H and O–H groups in total. The van der Waals surface area contributed by atoms with Crippen LogP contribution in [0.15, 0.2) is 24.3 Å². The Morgan fingerprint density at radius 1 is 0.625 bits per heavy atom. The van der Waals surface area contributed by atoms with Gasteiger partial charge in [-0.3, -0.25) is 0 Å². The van der Waals surface area contributed by atoms with Crippen molar-refractivity contribution in [2.45, 2.75) is 10.8 Å². The predicted molar refractivity (Wildman–Crippen MR) is 137 cm³/mol. The first-order chi connectivity index (χ1) is 19.1. The molecule has 0 unspecified atom stereocenters. The largest absolute Gasteiger partial charge is 0.507 e. The molecule has 0 fully saturated rings. The maximum absolute atomic E-state index is 11.4. The van der Waals surface area contributed by atoms with Gasteiger partial charge in [-0.1, -0.05) is 0 Å². The lowest BCUT2D eigenvalue weighted by Gasteiger charge is -2.28. The van der Waals surface area contributed by atoms with Crippen molar-refractivity contribution in [1.29, 1.82) is 42.1 Å². The second kappa shape index (κ2) is 12.0. The zero-order valence-electron chi connectivity index (χ0n) is 21.2. The molecule has 0 aliphatic carbocycles. The first-order valence-corrected chi connectivity index (χ1v) is 12.7. The van der Waals surface area contributed by atoms with Crippen molar-refractivity contribution in [2.24, 2.45) is 11.8 Å². The van der Waals surface area contributed by atoms with Gasteiger partial charge in [-0.05, 0) is 38.9 Å². The van der Waals surface area contributed by atoms with Crippen molar-refractivity contribution in [1.82, 2.24) is 0 Å². The summed E-state index contributed by atoms with van der Waals surface area (Å²) in [6.07, 6.45) is 0. The number of hydrogen-bond donors (Lipinski definition) is 2. The summed E-state index contributed by atoms with van der Waals surface area (Å²) < 4.78 is 10.8. The van der Waals surface area contributed by atoms with E-state index in [9.17, 15) is 52.3 Å². The van der Waals surface area contributed by atoms with E-state index in [1.807, 2.05) is 0 Å². The molecular weight excluding hydrogens is 531 g/mol. The summed E-state index contributed by atoms with van der Waals surface area (Å²) in [6.45, 7) is 1.52. The highest BCUT2D eigenvalue weighted by Crippen LogP contribution is 2.49. The van der Waals surface area contributed by atoms with Gasteiger partial charge in [-0.25, -0.2) is 0 Å². The van der Waals surface area contributed by atoms with Crippen LogP contribution >= 0.6 is 7.92 Å². The van der Waals surface area contributed by atoms with Crippen LogP contribution in [-0.2, 0) is 10.8 Å². The van der Waals surface area contributed by atoms with Crippen LogP contribution in [0.1, 0.15) is 11.1 Å². The third kappa shape index (κ3) is 4.36. The highest BCUT2D eigenvalue weighted by atomic mass is 31.1. The molecule has 0 aliphatic rings. The molecule has 0 saturated heterocycles. The van der Waals surface area contributed by atoms with Crippen LogP contribution in [0.3, 0.4) is 0 Å². The zero-order valence-corrected chi connectivity index (χ0v) is 22.1. The van der Waals surface area contributed by atoms with Gasteiger partial charge in [-0.15, -0.1) is 0 Å². The number of nitriles is 8. The molecule has 0 amide bonds. The van der Waals surface area contributed by atoms with Gasteiger partial charge in [0.25, 0.3) is 0 Å². The molecule has 0 heterocycles. The fourth-order valence-electron chi connectivity index (χ4n) is 4.15. The Labute approximate surface area is 230 Å². The van der Waals surface area contributed by atoms with E-state index in [1.54, 1.807) is 48.6 Å². The molecule has 194 valence electrons. The predicted octanol–water partition coefficient (Wildman–Crippen LogP) is 2.07. The molecule has 2 aromatic rings. The smallest absolute Gasteiger partial charge is 0.200 e. The third-order valence-electron chi connectivity index (χ3n) is 6.28. The summed E-state index contributed by atoms with van der Waals surface area (Å²) in [5.74, 6) is -4.84. The van der Waals surface area contributed by atoms with Crippen molar-refractivity contribution in [3.63, 3.8) is 0 Å². The number of hydrogen-bond acceptors (Lipinski definition) is 12. The number of phenols is 2. The van der Waals surface area contributed by atoms with Crippen LogP contribution in [0.4, 0.5) is 0 Å². The normalized spacial score (nSPS) is 10.6. The standard InChI is InChI=1S/C27H17N8O4P/c1-38-20-6-4-18(26(12-32,13-33)16(8-28)9-29)22(36)24(20)40(3)25-21(39-2)7-5-19(23(25)37)27(14-34,15-35)17(10-30)11-31/h4-7,16-17,36-37H,1-3H3. The van der Waals surface area contributed by atoms with Crippen LogP contribution < -0.4 is 20.1 Å². The Bertz CT molecular complexity index is 1520. The summed E-state index contributed by atoms with van der Waals surface area (Å²) in [5, 5.41) is 100. The molecule has 0 aliphatic heterocycles. The highest BCUT2D eigenvalue weighted by Gasteiger charge is 2.47. The number of methoxy groups -OCH3 is 2. The summed E-state index contributed by atoms with van der Waals surface area (Å²) in [5.41, 5.74) is -5.52. The quantitative estimate of drug-likeness (QED) is 0.450. The van der Waals surface area contributed by atoms with Crippen LogP contribution in [0.2, 0.25) is 0 Å². The minimum absolute atomic E-state index is 0.0377. The van der Waals surface area contributed by atoms with Gasteiger partial charge in [0.15, 0.2) is 11.8 Å². The molecule has 13 heteroatoms. The number of phenolic OH excluding ortho intramolecular Hbond substituents is 2. The lowest BCUT2D eigenvalue weighted by molar-refractivity contribution is 0.408. The van der Waals surface area contributed by atoms with Crippen LogP contribution in [-0.4, -0.2) is 31.1 Å². The highest BCUT2D eigenvalue weighted by molar-refractivity contribution is 7.73. The van der Waals surface area contributed by atoms with E-state index in [1.165, 1.54) is 45.1 Å². The van der Waals surface area contributed by atoms with E-state index in [0.29, 0.717) is 0 Å². The van der Waals surface area contributed by atoms with E-state index in [2.05, 4.69) is 0 Å². The number of aromatic hydroxyl groups is 2. The SMILES string of the molecule is COc1ccc(C(C#N)(C#N)C(C#N)C#N)c(O)c1P(C)c1c(OC)ccc(C(C#N)(C#N)C(C#N)C#N)c1O. The van der Waals surface area contributed by atoms with Crippen molar-refractivity contribution in [3.05, 3.63) is 35.4 Å². The first-order valence-electron chi connectivity index (χ1n) is 10.9. The van der Waals surface area contributed by atoms with Crippen molar-refractivity contribution in [2.75, 3.05) is 20.9 Å². The molecular formula is C27H17N8O4P. The second-order valence-corrected chi connectivity index (χ2v) is 10.0. The molecule has 0 radical (unpaired) electrons. The van der Waals surface area contributed by atoms with E-state index in [0.717, 1.165) is 0 Å². The summed E-state index contributed by atoms with van der Waals surface area (Å²) in [6, 6.07) is 18.0. The van der Waals surface area contributed by atoms with E-state index in [-0.39, 0.29) is 33.2 Å². The molecule has 2 rings (SSSR count). The van der Waals surface area contributed by atoms with Crippen molar-refractivity contribution >= 4 is 18.5 Å². The van der Waals surface area contributed by atoms with E-state index < -0.39 is 42.1 Å². The van der Waals surface area contributed by atoms with Gasteiger partial charge in [0.2, 0.25) is 10.8 Å². The minimum Gasteiger partial charge on any atom is -0.507 e. The van der Waals surface area contributed by atoms with Gasteiger partial charge < -0.3 is 19.7 Å². The van der Waals surface area contributed by atoms with Gasteiger partial charge in [0, 0.05) is 11.1 Å². The molecule has 12 nitrogen and oxygen atoms in total. The third-order valence-corrected chi connectivity index (χ3v) is 8.48. The molecule has 0 atom stereocenters. The Morgan fingerprint density at radius 3 is 1.15 bits per heavy atom. The summed E-state index contributed by atoms with van der Waals surface area (Å²) >= 11 is 0. The van der Waals surface area contributed by atoms with Gasteiger partial charge in [-0.2, -0.15) is 42.1 Å². The number of ether oxygens (including phenoxy) is 2. The first kappa shape index (κ1) is 30.2. The lowest BCUT2D eigenvalue weighted by Crippen LogP contribution is -2.33. The Kier molecular flexibility index (Phi) is 9.08. The van der Waals surface area contributed by atoms with Crippen molar-refractivity contribution < 1.29 is 19.7 Å². The molecule has 0 saturated carbocycles. The van der Waals surface area contributed by atoms with Gasteiger partial charge in [0.1, 0.15) is 23.0 Å². The van der Waals surface area contributed by atoms with Crippen LogP contribution in [0.25, 0.3) is 0 Å². The Hall–Kier alpha value is -6.01. The maximum Gasteiger partial charge on any atom is 0.200 e. The Morgan fingerprint density at radius 2 is 0.925 bits per heavy atom. The molecule has 40 heavy (non-hydrogen) atoms. The zero-order chi connectivity index (χ0) is 30.3. The summed E-state index contributed by atoms with van der Waals surface area (Å²) in [7, 11) is 0.550. The fourth-order valence-corrected chi connectivity index (χ4v) is 6.25. The van der Waals surface area contributed by atoms with Crippen LogP contribution in [0.5, 0.6) is 23.0 Å². The maximum atomic E-state index is 11.4.